The van der Waals surface area contributed by atoms with Gasteiger partial charge in [0.25, 0.3) is 0 Å². The molecule has 0 spiro atoms. The zero-order chi connectivity index (χ0) is 8.10. The summed E-state index contributed by atoms with van der Waals surface area (Å²) in [6.45, 7) is 1.49. The van der Waals surface area contributed by atoms with Crippen LogP contribution in [0, 0.1) is 0 Å². The second-order valence-corrected chi connectivity index (χ2v) is 2.84. The van der Waals surface area contributed by atoms with Crippen LogP contribution < -0.4 is 5.32 Å². The molecular formula is C7H10BrNO2. The van der Waals surface area contributed by atoms with Crippen LogP contribution >= 0.6 is 15.9 Å². The normalized spacial score (nSPS) is 10.4. The van der Waals surface area contributed by atoms with Crippen LogP contribution in [0.25, 0.3) is 0 Å². The maximum atomic E-state index is 8.47. The molecule has 4 heteroatoms. The van der Waals surface area contributed by atoms with E-state index >= 15 is 0 Å². The van der Waals surface area contributed by atoms with Crippen LogP contribution in [-0.2, 0) is 6.54 Å². The van der Waals surface area contributed by atoms with Gasteiger partial charge < -0.3 is 14.8 Å². The zero-order valence-corrected chi connectivity index (χ0v) is 7.60. The Morgan fingerprint density at radius 2 is 2.45 bits per heavy atom. The molecule has 0 aliphatic carbocycles. The van der Waals surface area contributed by atoms with Crippen molar-refractivity contribution in [2.45, 2.75) is 6.54 Å². The third-order valence-electron chi connectivity index (χ3n) is 1.30. The summed E-state index contributed by atoms with van der Waals surface area (Å²) in [5.74, 6) is 0. The molecule has 0 unspecified atom stereocenters. The van der Waals surface area contributed by atoms with Gasteiger partial charge in [0.05, 0.1) is 12.9 Å². The number of aliphatic hydroxyl groups is 1. The van der Waals surface area contributed by atoms with E-state index in [0.717, 1.165) is 16.8 Å². The van der Waals surface area contributed by atoms with E-state index in [4.69, 9.17) is 9.52 Å². The smallest absolute Gasteiger partial charge is 0.173 e. The molecule has 62 valence electrons. The summed E-state index contributed by atoms with van der Waals surface area (Å²) >= 11 is 3.25. The first kappa shape index (κ1) is 8.77. The average molecular weight is 220 g/mol. The summed E-state index contributed by atoms with van der Waals surface area (Å²) in [5.41, 5.74) is 1.07. The predicted molar refractivity (Wildman–Crippen MR) is 45.2 cm³/mol. The Hall–Kier alpha value is -0.320. The van der Waals surface area contributed by atoms with Crippen molar-refractivity contribution in [1.29, 1.82) is 0 Å². The van der Waals surface area contributed by atoms with Crippen molar-refractivity contribution in [3.8, 4) is 0 Å². The molecule has 0 atom stereocenters. The number of aliphatic hydroxyl groups excluding tert-OH is 1. The maximum absolute atomic E-state index is 8.47. The number of hydrogen-bond donors (Lipinski definition) is 2. The Labute approximate surface area is 73.5 Å². The van der Waals surface area contributed by atoms with Crippen molar-refractivity contribution >= 4 is 15.9 Å². The maximum Gasteiger partial charge on any atom is 0.173 e. The van der Waals surface area contributed by atoms with E-state index in [1.54, 1.807) is 6.26 Å². The van der Waals surface area contributed by atoms with Gasteiger partial charge in [0, 0.05) is 18.7 Å². The lowest BCUT2D eigenvalue weighted by Gasteiger charge is -1.98. The van der Waals surface area contributed by atoms with Crippen LogP contribution in [0.3, 0.4) is 0 Å². The highest BCUT2D eigenvalue weighted by Crippen LogP contribution is 2.16. The fraction of sp³-hybridized carbons (Fsp3) is 0.429. The molecule has 0 fully saturated rings. The number of furan rings is 1. The third-order valence-corrected chi connectivity index (χ3v) is 1.99. The standard InChI is InChI=1S/C7H10BrNO2/c8-7-6(1-4-11-7)5-9-2-3-10/h1,4,9-10H,2-3,5H2. The van der Waals surface area contributed by atoms with E-state index in [-0.39, 0.29) is 6.61 Å². The Balaban J connectivity index is 2.32. The van der Waals surface area contributed by atoms with Crippen LogP contribution in [0.2, 0.25) is 0 Å². The molecule has 0 bridgehead atoms. The Kier molecular flexibility index (Phi) is 3.62. The van der Waals surface area contributed by atoms with Crippen LogP contribution in [0.4, 0.5) is 0 Å². The monoisotopic (exact) mass is 219 g/mol. The van der Waals surface area contributed by atoms with Crippen molar-refractivity contribution < 1.29 is 9.52 Å². The predicted octanol–water partition coefficient (Wildman–Crippen LogP) is 1.12. The van der Waals surface area contributed by atoms with E-state index in [1.165, 1.54) is 0 Å². The quantitative estimate of drug-likeness (QED) is 0.747. The highest BCUT2D eigenvalue weighted by molar-refractivity contribution is 9.10. The summed E-state index contributed by atoms with van der Waals surface area (Å²) in [6, 6.07) is 1.88. The Morgan fingerprint density at radius 1 is 1.64 bits per heavy atom. The van der Waals surface area contributed by atoms with E-state index in [1.807, 2.05) is 6.07 Å². The molecule has 0 aliphatic heterocycles. The Bertz CT molecular complexity index is 212. The van der Waals surface area contributed by atoms with E-state index in [9.17, 15) is 0 Å². The molecule has 11 heavy (non-hydrogen) atoms. The van der Waals surface area contributed by atoms with Gasteiger partial charge in [-0.2, -0.15) is 0 Å². The van der Waals surface area contributed by atoms with Crippen molar-refractivity contribution in [3.63, 3.8) is 0 Å². The molecule has 1 heterocycles. The molecular weight excluding hydrogens is 210 g/mol. The van der Waals surface area contributed by atoms with Gasteiger partial charge in [-0.1, -0.05) is 0 Å². The van der Waals surface area contributed by atoms with Gasteiger partial charge in [0.2, 0.25) is 0 Å². The van der Waals surface area contributed by atoms with Gasteiger partial charge in [-0.25, -0.2) is 0 Å². The van der Waals surface area contributed by atoms with Crippen molar-refractivity contribution in [2.24, 2.45) is 0 Å². The number of hydrogen-bond acceptors (Lipinski definition) is 3. The number of nitrogens with one attached hydrogen (secondary N) is 1. The lowest BCUT2D eigenvalue weighted by atomic mass is 10.3. The minimum atomic E-state index is 0.162. The van der Waals surface area contributed by atoms with Gasteiger partial charge in [0.15, 0.2) is 4.67 Å². The number of halogens is 1. The lowest BCUT2D eigenvalue weighted by molar-refractivity contribution is 0.292. The molecule has 0 amide bonds. The van der Waals surface area contributed by atoms with Crippen LogP contribution in [0.5, 0.6) is 0 Å². The van der Waals surface area contributed by atoms with Gasteiger partial charge in [-0.3, -0.25) is 0 Å². The van der Waals surface area contributed by atoms with Crippen LogP contribution in [-0.4, -0.2) is 18.3 Å². The molecule has 1 aromatic heterocycles. The third kappa shape index (κ3) is 2.65. The van der Waals surface area contributed by atoms with Gasteiger partial charge in [0.1, 0.15) is 0 Å². The largest absolute Gasteiger partial charge is 0.457 e. The molecule has 0 radical (unpaired) electrons. The molecule has 0 saturated carbocycles. The second kappa shape index (κ2) is 4.54. The second-order valence-electron chi connectivity index (χ2n) is 2.12. The molecule has 1 rings (SSSR count). The summed E-state index contributed by atoms with van der Waals surface area (Å²) in [6.07, 6.45) is 1.63. The average Bonchev–Trinajstić information content (AvgIpc) is 2.37. The molecule has 3 nitrogen and oxygen atoms in total. The van der Waals surface area contributed by atoms with E-state index < -0.39 is 0 Å². The van der Waals surface area contributed by atoms with Crippen LogP contribution in [0.15, 0.2) is 21.4 Å². The first-order chi connectivity index (χ1) is 5.34. The lowest BCUT2D eigenvalue weighted by Crippen LogP contribution is -2.17. The molecule has 0 aromatic carbocycles. The zero-order valence-electron chi connectivity index (χ0n) is 6.01. The summed E-state index contributed by atoms with van der Waals surface area (Å²) < 4.78 is 5.76. The molecule has 0 aliphatic rings. The highest BCUT2D eigenvalue weighted by Gasteiger charge is 2.00. The van der Waals surface area contributed by atoms with Gasteiger partial charge >= 0.3 is 0 Å². The van der Waals surface area contributed by atoms with Crippen molar-refractivity contribution in [3.05, 3.63) is 22.6 Å². The minimum Gasteiger partial charge on any atom is -0.457 e. The Morgan fingerprint density at radius 3 is 3.00 bits per heavy atom. The summed E-state index contributed by atoms with van der Waals surface area (Å²) in [7, 11) is 0. The first-order valence-corrected chi connectivity index (χ1v) is 4.17. The fourth-order valence-corrected chi connectivity index (χ4v) is 1.13. The van der Waals surface area contributed by atoms with E-state index in [2.05, 4.69) is 21.2 Å². The fourth-order valence-electron chi connectivity index (χ4n) is 0.748. The molecule has 2 N–H and O–H groups in total. The SMILES string of the molecule is OCCNCc1ccoc1Br. The van der Waals surface area contributed by atoms with Crippen LogP contribution in [0.1, 0.15) is 5.56 Å². The van der Waals surface area contributed by atoms with Crippen molar-refractivity contribution in [1.82, 2.24) is 5.32 Å². The van der Waals surface area contributed by atoms with Gasteiger partial charge in [-0.05, 0) is 22.0 Å². The molecule has 0 saturated heterocycles. The van der Waals surface area contributed by atoms with Gasteiger partial charge in [-0.15, -0.1) is 0 Å². The topological polar surface area (TPSA) is 45.4 Å². The summed E-state index contributed by atoms with van der Waals surface area (Å²) in [5, 5.41) is 11.5. The first-order valence-electron chi connectivity index (χ1n) is 3.38. The minimum absolute atomic E-state index is 0.162. The number of rotatable bonds is 4. The highest BCUT2D eigenvalue weighted by atomic mass is 79.9. The summed E-state index contributed by atoms with van der Waals surface area (Å²) in [4.78, 5) is 0. The van der Waals surface area contributed by atoms with E-state index in [0.29, 0.717) is 6.54 Å². The van der Waals surface area contributed by atoms with Crippen molar-refractivity contribution in [2.75, 3.05) is 13.2 Å². The molecule has 1 aromatic rings.